The molecule has 19 heavy (non-hydrogen) atoms. The molecule has 3 heteroatoms. The summed E-state index contributed by atoms with van der Waals surface area (Å²) in [4.78, 5) is 0. The highest BCUT2D eigenvalue weighted by atomic mass is 16.5. The summed E-state index contributed by atoms with van der Waals surface area (Å²) >= 11 is 0. The van der Waals surface area contributed by atoms with Gasteiger partial charge in [0.05, 0.1) is 13.2 Å². The number of nitrogens with one attached hydrogen (secondary N) is 1. The van der Waals surface area contributed by atoms with Crippen LogP contribution in [0.2, 0.25) is 0 Å². The highest BCUT2D eigenvalue weighted by Crippen LogP contribution is 2.24. The van der Waals surface area contributed by atoms with Gasteiger partial charge in [0.1, 0.15) is 5.75 Å². The van der Waals surface area contributed by atoms with E-state index in [1.165, 1.54) is 5.56 Å². The van der Waals surface area contributed by atoms with Crippen molar-refractivity contribution in [3.63, 3.8) is 0 Å². The zero-order valence-corrected chi connectivity index (χ0v) is 12.4. The number of hydrogen-bond donors (Lipinski definition) is 1. The van der Waals surface area contributed by atoms with Crippen molar-refractivity contribution in [2.75, 3.05) is 13.7 Å². The average Bonchev–Trinajstić information content (AvgIpc) is 2.74. The number of rotatable bonds is 5. The standard InChI is InChI=1S/C16H25NO2/c1-12-14(9-10-19-12)17-16(2,3)11-13-7-5-6-8-15(13)18-4/h5-8,12,14,17H,9-11H2,1-4H3/t12-,14-/m1/s1. The van der Waals surface area contributed by atoms with E-state index in [9.17, 15) is 0 Å². The van der Waals surface area contributed by atoms with Crippen molar-refractivity contribution in [3.05, 3.63) is 29.8 Å². The molecule has 3 nitrogen and oxygen atoms in total. The monoisotopic (exact) mass is 263 g/mol. The lowest BCUT2D eigenvalue weighted by Crippen LogP contribution is -2.49. The van der Waals surface area contributed by atoms with Crippen molar-refractivity contribution in [1.29, 1.82) is 0 Å². The van der Waals surface area contributed by atoms with Crippen molar-refractivity contribution in [2.24, 2.45) is 0 Å². The van der Waals surface area contributed by atoms with Gasteiger partial charge in [-0.15, -0.1) is 0 Å². The maximum absolute atomic E-state index is 5.62. The Hall–Kier alpha value is -1.06. The first-order valence-electron chi connectivity index (χ1n) is 7.03. The summed E-state index contributed by atoms with van der Waals surface area (Å²) in [5.41, 5.74) is 1.27. The van der Waals surface area contributed by atoms with Crippen LogP contribution in [-0.2, 0) is 11.2 Å². The Bertz CT molecular complexity index is 417. The zero-order valence-electron chi connectivity index (χ0n) is 12.4. The molecule has 0 radical (unpaired) electrons. The third-order valence-electron chi connectivity index (χ3n) is 3.78. The first-order valence-corrected chi connectivity index (χ1v) is 7.03. The van der Waals surface area contributed by atoms with Gasteiger partial charge >= 0.3 is 0 Å². The Balaban J connectivity index is 2.03. The van der Waals surface area contributed by atoms with Crippen LogP contribution in [-0.4, -0.2) is 31.4 Å². The first kappa shape index (κ1) is 14.4. The van der Waals surface area contributed by atoms with Crippen LogP contribution in [0.25, 0.3) is 0 Å². The molecular formula is C16H25NO2. The van der Waals surface area contributed by atoms with Crippen molar-refractivity contribution in [2.45, 2.75) is 51.3 Å². The van der Waals surface area contributed by atoms with Crippen LogP contribution in [0.4, 0.5) is 0 Å². The molecule has 0 saturated carbocycles. The quantitative estimate of drug-likeness (QED) is 0.886. The predicted molar refractivity (Wildman–Crippen MR) is 77.7 cm³/mol. The summed E-state index contributed by atoms with van der Waals surface area (Å²) < 4.78 is 11.0. The van der Waals surface area contributed by atoms with Crippen LogP contribution in [0.3, 0.4) is 0 Å². The minimum atomic E-state index is 0.0290. The van der Waals surface area contributed by atoms with E-state index in [0.29, 0.717) is 12.1 Å². The number of benzene rings is 1. The summed E-state index contributed by atoms with van der Waals surface area (Å²) in [6.07, 6.45) is 2.34. The summed E-state index contributed by atoms with van der Waals surface area (Å²) in [5, 5.41) is 3.72. The van der Waals surface area contributed by atoms with Gasteiger partial charge in [-0.05, 0) is 45.2 Å². The third kappa shape index (κ3) is 3.71. The fourth-order valence-corrected chi connectivity index (χ4v) is 2.80. The highest BCUT2D eigenvalue weighted by Gasteiger charge is 2.30. The van der Waals surface area contributed by atoms with E-state index in [4.69, 9.17) is 9.47 Å². The normalized spacial score (nSPS) is 23.6. The largest absolute Gasteiger partial charge is 0.496 e. The Labute approximate surface area is 116 Å². The van der Waals surface area contributed by atoms with E-state index >= 15 is 0 Å². The van der Waals surface area contributed by atoms with Gasteiger partial charge in [0, 0.05) is 18.2 Å². The molecule has 0 aliphatic carbocycles. The molecule has 0 unspecified atom stereocenters. The Morgan fingerprint density at radius 2 is 2.11 bits per heavy atom. The average molecular weight is 263 g/mol. The van der Waals surface area contributed by atoms with Gasteiger partial charge in [-0.2, -0.15) is 0 Å². The van der Waals surface area contributed by atoms with E-state index in [1.54, 1.807) is 7.11 Å². The molecule has 1 saturated heterocycles. The van der Waals surface area contributed by atoms with Crippen molar-refractivity contribution in [3.8, 4) is 5.75 Å². The molecule has 2 atom stereocenters. The van der Waals surface area contributed by atoms with Gasteiger partial charge in [-0.1, -0.05) is 18.2 Å². The lowest BCUT2D eigenvalue weighted by molar-refractivity contribution is 0.106. The fourth-order valence-electron chi connectivity index (χ4n) is 2.80. The second-order valence-corrected chi connectivity index (χ2v) is 5.99. The smallest absolute Gasteiger partial charge is 0.122 e. The topological polar surface area (TPSA) is 30.5 Å². The molecule has 0 spiro atoms. The molecule has 2 rings (SSSR count). The van der Waals surface area contributed by atoms with Crippen molar-refractivity contribution < 1.29 is 9.47 Å². The second kappa shape index (κ2) is 5.93. The van der Waals surface area contributed by atoms with Crippen LogP contribution in [0.15, 0.2) is 24.3 Å². The van der Waals surface area contributed by atoms with E-state index in [1.807, 2.05) is 12.1 Å². The van der Waals surface area contributed by atoms with E-state index in [0.717, 1.165) is 25.2 Å². The molecular weight excluding hydrogens is 238 g/mol. The van der Waals surface area contributed by atoms with Gasteiger partial charge in [-0.25, -0.2) is 0 Å². The number of para-hydroxylation sites is 1. The van der Waals surface area contributed by atoms with Gasteiger partial charge in [0.15, 0.2) is 0 Å². The maximum Gasteiger partial charge on any atom is 0.122 e. The first-order chi connectivity index (χ1) is 9.02. The molecule has 106 valence electrons. The summed E-state index contributed by atoms with van der Waals surface area (Å²) in [5.74, 6) is 0.966. The molecule has 1 aromatic carbocycles. The molecule has 0 bridgehead atoms. The summed E-state index contributed by atoms with van der Waals surface area (Å²) in [7, 11) is 1.73. The van der Waals surface area contributed by atoms with Crippen molar-refractivity contribution in [1.82, 2.24) is 5.32 Å². The van der Waals surface area contributed by atoms with Crippen LogP contribution >= 0.6 is 0 Å². The van der Waals surface area contributed by atoms with Crippen molar-refractivity contribution >= 4 is 0 Å². The second-order valence-electron chi connectivity index (χ2n) is 5.99. The highest BCUT2D eigenvalue weighted by molar-refractivity contribution is 5.34. The maximum atomic E-state index is 5.62. The summed E-state index contributed by atoms with van der Waals surface area (Å²) in [6.45, 7) is 7.49. The fraction of sp³-hybridized carbons (Fsp3) is 0.625. The molecule has 1 fully saturated rings. The molecule has 1 aliphatic rings. The van der Waals surface area contributed by atoms with Crippen LogP contribution in [0.5, 0.6) is 5.75 Å². The van der Waals surface area contributed by atoms with Crippen LogP contribution in [0.1, 0.15) is 32.8 Å². The number of hydrogen-bond acceptors (Lipinski definition) is 3. The predicted octanol–water partition coefficient (Wildman–Crippen LogP) is 2.78. The van der Waals surface area contributed by atoms with Crippen LogP contribution < -0.4 is 10.1 Å². The molecule has 1 aromatic rings. The molecule has 1 aliphatic heterocycles. The van der Waals surface area contributed by atoms with E-state index < -0.39 is 0 Å². The molecule has 0 aromatic heterocycles. The lowest BCUT2D eigenvalue weighted by Gasteiger charge is -2.32. The van der Waals surface area contributed by atoms with Crippen LogP contribution in [0, 0.1) is 0 Å². The Morgan fingerprint density at radius 1 is 1.37 bits per heavy atom. The van der Waals surface area contributed by atoms with Gasteiger partial charge < -0.3 is 14.8 Å². The minimum Gasteiger partial charge on any atom is -0.496 e. The number of methoxy groups -OCH3 is 1. The van der Waals surface area contributed by atoms with E-state index in [-0.39, 0.29) is 5.54 Å². The minimum absolute atomic E-state index is 0.0290. The third-order valence-corrected chi connectivity index (χ3v) is 3.78. The Kier molecular flexibility index (Phi) is 4.48. The van der Waals surface area contributed by atoms with Gasteiger partial charge in [0.25, 0.3) is 0 Å². The molecule has 1 N–H and O–H groups in total. The molecule has 0 amide bonds. The number of ether oxygens (including phenoxy) is 2. The Morgan fingerprint density at radius 3 is 2.74 bits per heavy atom. The zero-order chi connectivity index (χ0) is 13.9. The lowest BCUT2D eigenvalue weighted by atomic mass is 9.92. The van der Waals surface area contributed by atoms with E-state index in [2.05, 4.69) is 38.2 Å². The SMILES string of the molecule is COc1ccccc1CC(C)(C)N[C@@H]1CCO[C@@H]1C. The summed E-state index contributed by atoms with van der Waals surface area (Å²) in [6, 6.07) is 8.68. The molecule has 1 heterocycles. The van der Waals surface area contributed by atoms with Gasteiger partial charge in [-0.3, -0.25) is 0 Å². The van der Waals surface area contributed by atoms with Gasteiger partial charge in [0.2, 0.25) is 0 Å².